The van der Waals surface area contributed by atoms with Crippen molar-refractivity contribution in [3.63, 3.8) is 0 Å². The summed E-state index contributed by atoms with van der Waals surface area (Å²) in [5.74, 6) is -0.218. The van der Waals surface area contributed by atoms with E-state index in [-0.39, 0.29) is 5.82 Å². The number of hydrogen-bond acceptors (Lipinski definition) is 2. The van der Waals surface area contributed by atoms with Gasteiger partial charge in [0.05, 0.1) is 5.60 Å². The average Bonchev–Trinajstić information content (AvgIpc) is 2.88. The van der Waals surface area contributed by atoms with Crippen molar-refractivity contribution in [3.8, 4) is 0 Å². The monoisotopic (exact) mass is 248 g/mol. The largest absolute Gasteiger partial charge is 0.385 e. The van der Waals surface area contributed by atoms with Crippen molar-refractivity contribution in [2.24, 2.45) is 0 Å². The fraction of sp³-hybridized carbons (Fsp3) is 0.286. The third-order valence-corrected chi connectivity index (χ3v) is 4.30. The van der Waals surface area contributed by atoms with Crippen LogP contribution >= 0.6 is 11.3 Å². The lowest BCUT2D eigenvalue weighted by atomic mass is 9.92. The van der Waals surface area contributed by atoms with E-state index < -0.39 is 5.60 Å². The van der Waals surface area contributed by atoms with E-state index >= 15 is 0 Å². The summed E-state index contributed by atoms with van der Waals surface area (Å²) in [6.07, 6.45) is 2.07. The second-order valence-corrected chi connectivity index (χ2v) is 5.62. The molecule has 0 saturated heterocycles. The number of rotatable bonds is 2. The van der Waals surface area contributed by atoms with E-state index in [2.05, 4.69) is 0 Å². The lowest BCUT2D eigenvalue weighted by molar-refractivity contribution is 0.0398. The molecule has 3 heteroatoms. The van der Waals surface area contributed by atoms with Crippen molar-refractivity contribution >= 4 is 11.3 Å². The number of hydrogen-bond donors (Lipinski definition) is 1. The third-order valence-electron chi connectivity index (χ3n) is 3.42. The minimum Gasteiger partial charge on any atom is -0.385 e. The van der Waals surface area contributed by atoms with Gasteiger partial charge >= 0.3 is 0 Å². The van der Waals surface area contributed by atoms with Crippen LogP contribution in [0, 0.1) is 5.82 Å². The van der Waals surface area contributed by atoms with E-state index in [9.17, 15) is 9.50 Å². The number of aliphatic hydroxyl groups is 1. The van der Waals surface area contributed by atoms with E-state index in [1.807, 2.05) is 17.5 Å². The Balaban J connectivity index is 1.96. The van der Waals surface area contributed by atoms with Crippen LogP contribution < -0.4 is 0 Å². The van der Waals surface area contributed by atoms with Crippen molar-refractivity contribution in [2.45, 2.75) is 24.9 Å². The molecule has 1 aliphatic rings. The Kier molecular flexibility index (Phi) is 2.53. The standard InChI is InChI=1S/C14H13FOS/c15-11-3-4-13-10(8-11)5-6-14(13,16)9-12-2-1-7-17-12/h1-4,7-8,16H,5-6,9H2. The number of aryl methyl sites for hydroxylation is 1. The maximum atomic E-state index is 13.1. The van der Waals surface area contributed by atoms with Gasteiger partial charge in [0.2, 0.25) is 0 Å². The highest BCUT2D eigenvalue weighted by atomic mass is 32.1. The maximum absolute atomic E-state index is 13.1. The lowest BCUT2D eigenvalue weighted by Gasteiger charge is -2.23. The van der Waals surface area contributed by atoms with Crippen LogP contribution in [0.1, 0.15) is 22.4 Å². The summed E-state index contributed by atoms with van der Waals surface area (Å²) >= 11 is 1.65. The van der Waals surface area contributed by atoms with Crippen molar-refractivity contribution in [3.05, 3.63) is 57.5 Å². The van der Waals surface area contributed by atoms with Gasteiger partial charge in [0.15, 0.2) is 0 Å². The highest BCUT2D eigenvalue weighted by Crippen LogP contribution is 2.40. The summed E-state index contributed by atoms with van der Waals surface area (Å²) in [4.78, 5) is 1.17. The highest BCUT2D eigenvalue weighted by Gasteiger charge is 2.37. The molecule has 0 saturated carbocycles. The van der Waals surface area contributed by atoms with Gasteiger partial charge in [-0.2, -0.15) is 0 Å². The van der Waals surface area contributed by atoms with Crippen LogP contribution in [0.25, 0.3) is 0 Å². The van der Waals surface area contributed by atoms with Gasteiger partial charge < -0.3 is 5.11 Å². The van der Waals surface area contributed by atoms with Crippen LogP contribution in [0.15, 0.2) is 35.7 Å². The van der Waals surface area contributed by atoms with Crippen LogP contribution in [0.3, 0.4) is 0 Å². The number of fused-ring (bicyclic) bond motifs is 1. The first kappa shape index (κ1) is 10.9. The Morgan fingerprint density at radius 2 is 2.24 bits per heavy atom. The number of halogens is 1. The molecule has 1 aromatic heterocycles. The normalized spacial score (nSPS) is 22.7. The van der Waals surface area contributed by atoms with Crippen LogP contribution in [0.5, 0.6) is 0 Å². The van der Waals surface area contributed by atoms with Crippen molar-refractivity contribution in [1.29, 1.82) is 0 Å². The highest BCUT2D eigenvalue weighted by molar-refractivity contribution is 7.09. The van der Waals surface area contributed by atoms with Crippen molar-refractivity contribution in [1.82, 2.24) is 0 Å². The molecule has 17 heavy (non-hydrogen) atoms. The van der Waals surface area contributed by atoms with Crippen LogP contribution in [0.2, 0.25) is 0 Å². The predicted molar refractivity (Wildman–Crippen MR) is 66.6 cm³/mol. The van der Waals surface area contributed by atoms with Gasteiger partial charge in [0.25, 0.3) is 0 Å². The third kappa shape index (κ3) is 1.90. The van der Waals surface area contributed by atoms with Gasteiger partial charge in [0, 0.05) is 11.3 Å². The van der Waals surface area contributed by atoms with E-state index in [1.165, 1.54) is 10.9 Å². The van der Waals surface area contributed by atoms with E-state index in [0.29, 0.717) is 12.8 Å². The lowest BCUT2D eigenvalue weighted by Crippen LogP contribution is -2.24. The summed E-state index contributed by atoms with van der Waals surface area (Å²) in [7, 11) is 0. The molecule has 1 unspecified atom stereocenters. The Labute approximate surface area is 104 Å². The number of thiophene rings is 1. The second-order valence-electron chi connectivity index (χ2n) is 4.59. The molecule has 1 nitrogen and oxygen atoms in total. The average molecular weight is 248 g/mol. The molecule has 0 bridgehead atoms. The molecule has 0 fully saturated rings. The molecule has 88 valence electrons. The molecule has 0 spiro atoms. The van der Waals surface area contributed by atoms with Crippen LogP contribution in [0.4, 0.5) is 4.39 Å². The quantitative estimate of drug-likeness (QED) is 0.865. The molecule has 1 heterocycles. The molecule has 0 radical (unpaired) electrons. The van der Waals surface area contributed by atoms with Gasteiger partial charge in [-0.05, 0) is 47.5 Å². The molecule has 1 atom stereocenters. The summed E-state index contributed by atoms with van der Waals surface area (Å²) in [6, 6.07) is 8.73. The molecule has 1 aromatic carbocycles. The minimum atomic E-state index is -0.812. The van der Waals surface area contributed by atoms with E-state index in [4.69, 9.17) is 0 Å². The van der Waals surface area contributed by atoms with Gasteiger partial charge in [0.1, 0.15) is 5.82 Å². The van der Waals surface area contributed by atoms with E-state index in [1.54, 1.807) is 23.5 Å². The Morgan fingerprint density at radius 1 is 1.35 bits per heavy atom. The number of benzene rings is 1. The van der Waals surface area contributed by atoms with Crippen molar-refractivity contribution in [2.75, 3.05) is 0 Å². The van der Waals surface area contributed by atoms with Gasteiger partial charge in [-0.15, -0.1) is 11.3 Å². The fourth-order valence-electron chi connectivity index (χ4n) is 2.58. The maximum Gasteiger partial charge on any atom is 0.123 e. The second kappa shape index (κ2) is 3.93. The SMILES string of the molecule is OC1(Cc2cccs2)CCc2cc(F)ccc21. The van der Waals surface area contributed by atoms with Gasteiger partial charge in [-0.1, -0.05) is 12.1 Å². The molecule has 1 aliphatic carbocycles. The van der Waals surface area contributed by atoms with Crippen LogP contribution in [-0.2, 0) is 18.4 Å². The zero-order valence-corrected chi connectivity index (χ0v) is 10.1. The fourth-order valence-corrected chi connectivity index (χ4v) is 3.40. The summed E-state index contributed by atoms with van der Waals surface area (Å²) in [6.45, 7) is 0. The first-order valence-corrected chi connectivity index (χ1v) is 6.59. The molecular weight excluding hydrogens is 235 g/mol. The summed E-state index contributed by atoms with van der Waals surface area (Å²) in [5.41, 5.74) is 1.03. The Bertz CT molecular complexity index is 535. The van der Waals surface area contributed by atoms with Crippen LogP contribution in [-0.4, -0.2) is 5.11 Å². The molecule has 3 rings (SSSR count). The summed E-state index contributed by atoms with van der Waals surface area (Å²) < 4.78 is 13.1. The molecule has 0 aliphatic heterocycles. The topological polar surface area (TPSA) is 20.2 Å². The zero-order valence-electron chi connectivity index (χ0n) is 9.32. The Morgan fingerprint density at radius 3 is 3.00 bits per heavy atom. The Hall–Kier alpha value is -1.19. The smallest absolute Gasteiger partial charge is 0.123 e. The van der Waals surface area contributed by atoms with E-state index in [0.717, 1.165) is 17.5 Å². The first-order chi connectivity index (χ1) is 8.17. The molecular formula is C14H13FOS. The van der Waals surface area contributed by atoms with Gasteiger partial charge in [-0.3, -0.25) is 0 Å². The van der Waals surface area contributed by atoms with Gasteiger partial charge in [-0.25, -0.2) is 4.39 Å². The summed E-state index contributed by atoms with van der Waals surface area (Å²) in [5, 5.41) is 12.7. The predicted octanol–water partition coefficient (Wildman–Crippen LogP) is 3.26. The van der Waals surface area contributed by atoms with Crippen molar-refractivity contribution < 1.29 is 9.50 Å². The first-order valence-electron chi connectivity index (χ1n) is 5.71. The molecule has 2 aromatic rings. The molecule has 1 N–H and O–H groups in total. The zero-order chi connectivity index (χ0) is 11.9. The molecule has 0 amide bonds. The minimum absolute atomic E-state index is 0.218.